The summed E-state index contributed by atoms with van der Waals surface area (Å²) in [6.07, 6.45) is 10.7. The third-order valence-electron chi connectivity index (χ3n) is 8.58. The summed E-state index contributed by atoms with van der Waals surface area (Å²) in [6.45, 7) is 6.32. The van der Waals surface area contributed by atoms with Gasteiger partial charge in [0.05, 0.1) is 28.7 Å². The molecule has 2 aromatic heterocycles. The summed E-state index contributed by atoms with van der Waals surface area (Å²) < 4.78 is 7.52. The predicted molar refractivity (Wildman–Crippen MR) is 136 cm³/mol. The monoisotopic (exact) mass is 477 g/mol. The van der Waals surface area contributed by atoms with Gasteiger partial charge in [0, 0.05) is 36.2 Å². The Morgan fingerprint density at radius 1 is 1.14 bits per heavy atom. The van der Waals surface area contributed by atoms with Gasteiger partial charge < -0.3 is 15.0 Å². The van der Waals surface area contributed by atoms with Crippen molar-refractivity contribution in [2.75, 3.05) is 32.8 Å². The number of hydrogen-bond donors (Lipinski definition) is 2. The first-order chi connectivity index (χ1) is 17.1. The normalized spacial score (nSPS) is 21.3. The number of amides is 1. The first kappa shape index (κ1) is 22.7. The Labute approximate surface area is 205 Å². The van der Waals surface area contributed by atoms with Crippen molar-refractivity contribution >= 4 is 27.7 Å². The molecule has 0 unspecified atom stereocenters. The largest absolute Gasteiger partial charge is 0.381 e. The van der Waals surface area contributed by atoms with Crippen molar-refractivity contribution in [2.45, 2.75) is 69.9 Å². The molecule has 8 nitrogen and oxygen atoms in total. The van der Waals surface area contributed by atoms with Crippen LogP contribution in [0.5, 0.6) is 0 Å². The number of pyridine rings is 1. The predicted octanol–water partition coefficient (Wildman–Crippen LogP) is 3.68. The van der Waals surface area contributed by atoms with Crippen LogP contribution in [0.3, 0.4) is 0 Å². The average molecular weight is 478 g/mol. The summed E-state index contributed by atoms with van der Waals surface area (Å²) >= 11 is 0. The van der Waals surface area contributed by atoms with E-state index in [0.29, 0.717) is 30.7 Å². The molecule has 2 saturated heterocycles. The average Bonchev–Trinajstić information content (AvgIpc) is 3.64. The van der Waals surface area contributed by atoms with Crippen LogP contribution in [0.15, 0.2) is 23.1 Å². The van der Waals surface area contributed by atoms with Crippen molar-refractivity contribution in [3.8, 4) is 0 Å². The minimum atomic E-state index is -0.142. The smallest absolute Gasteiger partial charge is 0.259 e. The molecule has 3 fully saturated rings. The lowest BCUT2D eigenvalue weighted by Crippen LogP contribution is -2.53. The zero-order chi connectivity index (χ0) is 24.0. The Balaban J connectivity index is 1.36. The van der Waals surface area contributed by atoms with Gasteiger partial charge in [-0.3, -0.25) is 19.2 Å². The maximum atomic E-state index is 13.5. The molecule has 2 N–H and O–H groups in total. The fraction of sp³-hybridized carbons (Fsp3) is 0.593. The van der Waals surface area contributed by atoms with Crippen molar-refractivity contribution in [3.05, 3.63) is 39.8 Å². The van der Waals surface area contributed by atoms with Crippen LogP contribution in [-0.2, 0) is 4.74 Å². The van der Waals surface area contributed by atoms with E-state index in [0.717, 1.165) is 60.8 Å². The van der Waals surface area contributed by atoms with Gasteiger partial charge in [-0.15, -0.1) is 0 Å². The number of H-pyrrole nitrogens is 1. The Morgan fingerprint density at radius 3 is 2.63 bits per heavy atom. The first-order valence-corrected chi connectivity index (χ1v) is 13.2. The molecule has 1 aliphatic carbocycles. The topological polar surface area (TPSA) is 92.2 Å². The number of rotatable bonds is 5. The van der Waals surface area contributed by atoms with Crippen LogP contribution in [0, 0.1) is 6.92 Å². The molecule has 0 spiro atoms. The van der Waals surface area contributed by atoms with Crippen molar-refractivity contribution in [2.24, 2.45) is 0 Å². The highest BCUT2D eigenvalue weighted by Gasteiger charge is 2.40. The van der Waals surface area contributed by atoms with Crippen LogP contribution < -0.4 is 10.9 Å². The highest BCUT2D eigenvalue weighted by Crippen LogP contribution is 2.37. The van der Waals surface area contributed by atoms with Crippen LogP contribution in [0.4, 0.5) is 0 Å². The molecular formula is C27H35N5O3. The lowest BCUT2D eigenvalue weighted by atomic mass is 9.94. The number of likely N-dealkylation sites (tertiary alicyclic amines) is 1. The number of aromatic amines is 1. The van der Waals surface area contributed by atoms with Gasteiger partial charge in [0.1, 0.15) is 0 Å². The molecule has 2 aliphatic heterocycles. The SMILES string of the molecule is Cc1cc2[nH]c(=O)c3cnn(C4CCOCC4)c3c2cc1C(=O)NCC1(N2CCCC2)CCCC1. The number of aromatic nitrogens is 3. The van der Waals surface area contributed by atoms with Gasteiger partial charge in [-0.05, 0) is 76.2 Å². The second-order valence-corrected chi connectivity index (χ2v) is 10.7. The standard InChI is InChI=1S/C27H35N5O3/c1-18-14-23-21(24-22(26(34)30-23)16-29-32(24)19-6-12-35-13-7-19)15-20(18)25(33)28-17-27(8-2-3-9-27)31-10-4-5-11-31/h14-16,19H,2-13,17H2,1H3,(H,28,33)(H,30,34). The van der Waals surface area contributed by atoms with Crippen LogP contribution >= 0.6 is 0 Å². The number of aryl methyl sites for hydroxylation is 1. The molecule has 1 saturated carbocycles. The highest BCUT2D eigenvalue weighted by molar-refractivity contribution is 6.07. The second-order valence-electron chi connectivity index (χ2n) is 10.7. The van der Waals surface area contributed by atoms with E-state index in [1.165, 1.54) is 25.7 Å². The molecular weight excluding hydrogens is 442 g/mol. The lowest BCUT2D eigenvalue weighted by Gasteiger charge is -2.39. The zero-order valence-corrected chi connectivity index (χ0v) is 20.6. The van der Waals surface area contributed by atoms with E-state index in [1.807, 2.05) is 23.7 Å². The Bertz CT molecular complexity index is 1310. The molecule has 4 heterocycles. The quantitative estimate of drug-likeness (QED) is 0.585. The van der Waals surface area contributed by atoms with Crippen molar-refractivity contribution in [1.82, 2.24) is 25.0 Å². The van der Waals surface area contributed by atoms with Gasteiger partial charge in [0.25, 0.3) is 11.5 Å². The third-order valence-corrected chi connectivity index (χ3v) is 8.58. The summed E-state index contributed by atoms with van der Waals surface area (Å²) in [4.78, 5) is 31.9. The van der Waals surface area contributed by atoms with Gasteiger partial charge in [-0.25, -0.2) is 0 Å². The van der Waals surface area contributed by atoms with E-state index in [9.17, 15) is 9.59 Å². The maximum Gasteiger partial charge on any atom is 0.259 e. The maximum absolute atomic E-state index is 13.5. The number of ether oxygens (including phenoxy) is 1. The number of nitrogens with zero attached hydrogens (tertiary/aromatic N) is 3. The van der Waals surface area contributed by atoms with Crippen LogP contribution in [0.2, 0.25) is 0 Å². The molecule has 3 aromatic rings. The van der Waals surface area contributed by atoms with E-state index < -0.39 is 0 Å². The van der Waals surface area contributed by atoms with Gasteiger partial charge in [-0.1, -0.05) is 12.8 Å². The fourth-order valence-electron chi connectivity index (χ4n) is 6.61. The summed E-state index contributed by atoms with van der Waals surface area (Å²) in [6, 6.07) is 4.07. The van der Waals surface area contributed by atoms with E-state index in [1.54, 1.807) is 6.20 Å². The first-order valence-electron chi connectivity index (χ1n) is 13.2. The van der Waals surface area contributed by atoms with Crippen molar-refractivity contribution in [3.63, 3.8) is 0 Å². The molecule has 0 bridgehead atoms. The van der Waals surface area contributed by atoms with E-state index >= 15 is 0 Å². The Hall–Kier alpha value is -2.71. The number of carbonyl (C=O) groups excluding carboxylic acids is 1. The van der Waals surface area contributed by atoms with Crippen molar-refractivity contribution < 1.29 is 9.53 Å². The zero-order valence-electron chi connectivity index (χ0n) is 20.6. The Kier molecular flexibility index (Phi) is 5.89. The second kappa shape index (κ2) is 9.06. The highest BCUT2D eigenvalue weighted by atomic mass is 16.5. The minimum absolute atomic E-state index is 0.0358. The van der Waals surface area contributed by atoms with Gasteiger partial charge >= 0.3 is 0 Å². The molecule has 1 amide bonds. The van der Waals surface area contributed by atoms with Crippen molar-refractivity contribution in [1.29, 1.82) is 0 Å². The number of fused-ring (bicyclic) bond motifs is 3. The van der Waals surface area contributed by atoms with E-state index in [-0.39, 0.29) is 23.0 Å². The summed E-state index contributed by atoms with van der Waals surface area (Å²) in [7, 11) is 0. The molecule has 0 atom stereocenters. The lowest BCUT2D eigenvalue weighted by molar-refractivity contribution is 0.0675. The Morgan fingerprint density at radius 2 is 1.89 bits per heavy atom. The number of nitrogens with one attached hydrogen (secondary N) is 2. The van der Waals surface area contributed by atoms with E-state index in [2.05, 4.69) is 20.3 Å². The molecule has 6 rings (SSSR count). The molecule has 0 radical (unpaired) electrons. The fourth-order valence-corrected chi connectivity index (χ4v) is 6.61. The molecule has 1 aromatic carbocycles. The number of carbonyl (C=O) groups is 1. The molecule has 3 aliphatic rings. The van der Waals surface area contributed by atoms with Crippen LogP contribution in [0.25, 0.3) is 21.8 Å². The van der Waals surface area contributed by atoms with Crippen LogP contribution in [0.1, 0.15) is 73.3 Å². The van der Waals surface area contributed by atoms with Gasteiger partial charge in [0.15, 0.2) is 0 Å². The molecule has 8 heteroatoms. The summed E-state index contributed by atoms with van der Waals surface area (Å²) in [5.74, 6) is -0.0358. The summed E-state index contributed by atoms with van der Waals surface area (Å²) in [5.41, 5.74) is 3.06. The van der Waals surface area contributed by atoms with Gasteiger partial charge in [-0.2, -0.15) is 5.10 Å². The molecule has 35 heavy (non-hydrogen) atoms. The molecule has 186 valence electrons. The van der Waals surface area contributed by atoms with Crippen LogP contribution in [-0.4, -0.2) is 64.0 Å². The van der Waals surface area contributed by atoms with E-state index in [4.69, 9.17) is 4.74 Å². The number of hydrogen-bond acceptors (Lipinski definition) is 5. The van der Waals surface area contributed by atoms with Gasteiger partial charge in [0.2, 0.25) is 0 Å². The third kappa shape index (κ3) is 3.96. The minimum Gasteiger partial charge on any atom is -0.381 e. The summed E-state index contributed by atoms with van der Waals surface area (Å²) in [5, 5.41) is 9.35. The number of benzene rings is 1.